The van der Waals surface area contributed by atoms with Crippen molar-refractivity contribution < 1.29 is 23.8 Å². The first kappa shape index (κ1) is 17.8. The van der Waals surface area contributed by atoms with E-state index < -0.39 is 12.1 Å². The smallest absolute Gasteiger partial charge is 0.339 e. The minimum Gasteiger partial charge on any atom is -0.493 e. The number of amides is 1. The first-order chi connectivity index (χ1) is 10.5. The monoisotopic (exact) mass is 309 g/mol. The van der Waals surface area contributed by atoms with Crippen molar-refractivity contribution in [2.75, 3.05) is 20.3 Å². The van der Waals surface area contributed by atoms with Gasteiger partial charge in [0.05, 0.1) is 19.3 Å². The molecule has 1 amide bonds. The Bertz CT molecular complexity index is 515. The molecule has 0 saturated heterocycles. The molecule has 1 atom stereocenters. The molecule has 1 aromatic rings. The number of carbonyl (C=O) groups excluding carboxylic acids is 2. The van der Waals surface area contributed by atoms with Gasteiger partial charge in [-0.25, -0.2) is 4.79 Å². The maximum absolute atomic E-state index is 12.1. The number of hydrogen-bond acceptors (Lipinski definition) is 5. The minimum atomic E-state index is -0.850. The van der Waals surface area contributed by atoms with Gasteiger partial charge in [0.15, 0.2) is 17.6 Å². The van der Waals surface area contributed by atoms with Crippen molar-refractivity contribution in [1.82, 2.24) is 5.32 Å². The molecular weight excluding hydrogens is 286 g/mol. The fraction of sp³-hybridized carbons (Fsp3) is 0.500. The molecule has 0 radical (unpaired) electrons. The van der Waals surface area contributed by atoms with E-state index in [0.29, 0.717) is 30.2 Å². The average molecular weight is 309 g/mol. The predicted molar refractivity (Wildman–Crippen MR) is 82.3 cm³/mol. The van der Waals surface area contributed by atoms with Crippen LogP contribution in [0.4, 0.5) is 0 Å². The van der Waals surface area contributed by atoms with E-state index in [0.717, 1.165) is 6.42 Å². The summed E-state index contributed by atoms with van der Waals surface area (Å²) in [6, 6.07) is 4.74. The van der Waals surface area contributed by atoms with Crippen LogP contribution in [0.2, 0.25) is 0 Å². The van der Waals surface area contributed by atoms with Crippen molar-refractivity contribution in [2.24, 2.45) is 0 Å². The highest BCUT2D eigenvalue weighted by atomic mass is 16.5. The first-order valence-corrected chi connectivity index (χ1v) is 7.33. The summed E-state index contributed by atoms with van der Waals surface area (Å²) in [5.41, 5.74) is 0.305. The van der Waals surface area contributed by atoms with E-state index in [1.54, 1.807) is 18.2 Å². The lowest BCUT2D eigenvalue weighted by Crippen LogP contribution is -2.36. The second-order valence-electron chi connectivity index (χ2n) is 4.64. The Labute approximate surface area is 130 Å². The highest BCUT2D eigenvalue weighted by Crippen LogP contribution is 2.28. The van der Waals surface area contributed by atoms with E-state index in [1.165, 1.54) is 14.0 Å². The molecule has 0 aliphatic rings. The van der Waals surface area contributed by atoms with Crippen LogP contribution in [0.25, 0.3) is 0 Å². The number of methoxy groups -OCH3 is 1. The summed E-state index contributed by atoms with van der Waals surface area (Å²) in [7, 11) is 1.52. The molecule has 0 heterocycles. The van der Waals surface area contributed by atoms with Crippen LogP contribution < -0.4 is 14.8 Å². The zero-order valence-electron chi connectivity index (χ0n) is 13.5. The fourth-order valence-corrected chi connectivity index (χ4v) is 1.75. The lowest BCUT2D eigenvalue weighted by molar-refractivity contribution is -0.129. The average Bonchev–Trinajstić information content (AvgIpc) is 2.52. The van der Waals surface area contributed by atoms with Gasteiger partial charge in [-0.3, -0.25) is 4.79 Å². The van der Waals surface area contributed by atoms with E-state index >= 15 is 0 Å². The molecule has 6 nitrogen and oxygen atoms in total. The van der Waals surface area contributed by atoms with Crippen LogP contribution in [-0.2, 0) is 9.53 Å². The zero-order valence-corrected chi connectivity index (χ0v) is 13.5. The molecule has 6 heteroatoms. The number of esters is 1. The number of ether oxygens (including phenoxy) is 3. The summed E-state index contributed by atoms with van der Waals surface area (Å²) in [6.45, 7) is 6.33. The lowest BCUT2D eigenvalue weighted by Gasteiger charge is -2.14. The van der Waals surface area contributed by atoms with Crippen LogP contribution >= 0.6 is 0 Å². The van der Waals surface area contributed by atoms with Crippen LogP contribution in [0, 0.1) is 0 Å². The normalized spacial score (nSPS) is 11.5. The van der Waals surface area contributed by atoms with E-state index in [1.807, 2.05) is 13.8 Å². The summed E-state index contributed by atoms with van der Waals surface area (Å²) >= 11 is 0. The molecule has 0 fully saturated rings. The Morgan fingerprint density at radius 1 is 1.23 bits per heavy atom. The molecule has 1 rings (SSSR count). The van der Waals surface area contributed by atoms with Gasteiger partial charge < -0.3 is 19.5 Å². The van der Waals surface area contributed by atoms with Crippen LogP contribution in [-0.4, -0.2) is 38.2 Å². The van der Waals surface area contributed by atoms with Crippen molar-refractivity contribution in [1.29, 1.82) is 0 Å². The Morgan fingerprint density at radius 3 is 2.55 bits per heavy atom. The minimum absolute atomic E-state index is 0.305. The Kier molecular flexibility index (Phi) is 7.22. The first-order valence-electron chi connectivity index (χ1n) is 7.33. The molecule has 0 aliphatic heterocycles. The molecule has 0 bridgehead atoms. The van der Waals surface area contributed by atoms with E-state index in [2.05, 4.69) is 5.32 Å². The maximum atomic E-state index is 12.1. The summed E-state index contributed by atoms with van der Waals surface area (Å²) in [4.78, 5) is 23.8. The molecule has 122 valence electrons. The van der Waals surface area contributed by atoms with Gasteiger partial charge in [0.25, 0.3) is 5.91 Å². The summed E-state index contributed by atoms with van der Waals surface area (Å²) < 4.78 is 15.7. The quantitative estimate of drug-likeness (QED) is 0.745. The predicted octanol–water partition coefficient (Wildman–Crippen LogP) is 2.17. The number of nitrogens with one attached hydrogen (secondary N) is 1. The molecule has 0 spiro atoms. The fourth-order valence-electron chi connectivity index (χ4n) is 1.75. The standard InChI is InChI=1S/C16H23NO5/c1-5-9-17-15(18)11(3)22-16(19)12-7-8-13(20-4)14(10-12)21-6-2/h7-8,10-11H,5-6,9H2,1-4H3,(H,17,18). The molecule has 1 N–H and O–H groups in total. The molecule has 0 aliphatic carbocycles. The van der Waals surface area contributed by atoms with E-state index in [-0.39, 0.29) is 5.91 Å². The zero-order chi connectivity index (χ0) is 16.5. The van der Waals surface area contributed by atoms with Gasteiger partial charge in [-0.1, -0.05) is 6.92 Å². The molecule has 1 unspecified atom stereocenters. The Balaban J connectivity index is 2.76. The molecule has 22 heavy (non-hydrogen) atoms. The molecule has 0 saturated carbocycles. The second kappa shape index (κ2) is 8.92. The van der Waals surface area contributed by atoms with Crippen LogP contribution in [0.1, 0.15) is 37.6 Å². The van der Waals surface area contributed by atoms with Crippen LogP contribution in [0.15, 0.2) is 18.2 Å². The van der Waals surface area contributed by atoms with Gasteiger partial charge in [0.2, 0.25) is 0 Å². The summed E-state index contributed by atoms with van der Waals surface area (Å²) in [5, 5.41) is 2.68. The van der Waals surface area contributed by atoms with E-state index in [9.17, 15) is 9.59 Å². The maximum Gasteiger partial charge on any atom is 0.339 e. The SMILES string of the molecule is CCCNC(=O)C(C)OC(=O)c1ccc(OC)c(OCC)c1. The van der Waals surface area contributed by atoms with Crippen LogP contribution in [0.5, 0.6) is 11.5 Å². The molecular formula is C16H23NO5. The number of benzene rings is 1. The Morgan fingerprint density at radius 2 is 1.95 bits per heavy atom. The van der Waals surface area contributed by atoms with Gasteiger partial charge in [-0.05, 0) is 38.5 Å². The number of hydrogen-bond donors (Lipinski definition) is 1. The van der Waals surface area contributed by atoms with Crippen LogP contribution in [0.3, 0.4) is 0 Å². The summed E-state index contributed by atoms with van der Waals surface area (Å²) in [5.74, 6) is 0.103. The third kappa shape index (κ3) is 4.95. The highest BCUT2D eigenvalue weighted by Gasteiger charge is 2.19. The van der Waals surface area contributed by atoms with Gasteiger partial charge in [0.1, 0.15) is 0 Å². The topological polar surface area (TPSA) is 73.9 Å². The van der Waals surface area contributed by atoms with Crippen molar-refractivity contribution in [3.63, 3.8) is 0 Å². The highest BCUT2D eigenvalue weighted by molar-refractivity contribution is 5.92. The van der Waals surface area contributed by atoms with E-state index in [4.69, 9.17) is 14.2 Å². The number of rotatable bonds is 8. The second-order valence-corrected chi connectivity index (χ2v) is 4.64. The van der Waals surface area contributed by atoms with Gasteiger partial charge in [0, 0.05) is 6.54 Å². The third-order valence-corrected chi connectivity index (χ3v) is 2.90. The van der Waals surface area contributed by atoms with Crippen molar-refractivity contribution >= 4 is 11.9 Å². The third-order valence-electron chi connectivity index (χ3n) is 2.90. The van der Waals surface area contributed by atoms with Gasteiger partial charge in [-0.2, -0.15) is 0 Å². The van der Waals surface area contributed by atoms with Crippen molar-refractivity contribution in [3.05, 3.63) is 23.8 Å². The number of carbonyl (C=O) groups is 2. The van der Waals surface area contributed by atoms with Crippen molar-refractivity contribution in [2.45, 2.75) is 33.3 Å². The largest absolute Gasteiger partial charge is 0.493 e. The van der Waals surface area contributed by atoms with Gasteiger partial charge >= 0.3 is 5.97 Å². The lowest BCUT2D eigenvalue weighted by atomic mass is 10.2. The Hall–Kier alpha value is -2.24. The van der Waals surface area contributed by atoms with Gasteiger partial charge in [-0.15, -0.1) is 0 Å². The summed E-state index contributed by atoms with van der Waals surface area (Å²) in [6.07, 6.45) is -0.0283. The molecule has 1 aromatic carbocycles. The molecule has 0 aromatic heterocycles. The van der Waals surface area contributed by atoms with Crippen molar-refractivity contribution in [3.8, 4) is 11.5 Å².